The van der Waals surface area contributed by atoms with E-state index in [-0.39, 0.29) is 6.03 Å². The van der Waals surface area contributed by atoms with Gasteiger partial charge in [0.25, 0.3) is 0 Å². The lowest BCUT2D eigenvalue weighted by Crippen LogP contribution is -2.51. The summed E-state index contributed by atoms with van der Waals surface area (Å²) in [4.78, 5) is 20.6. The van der Waals surface area contributed by atoms with Gasteiger partial charge in [-0.15, -0.1) is 0 Å². The van der Waals surface area contributed by atoms with Crippen LogP contribution in [0.4, 0.5) is 10.5 Å². The summed E-state index contributed by atoms with van der Waals surface area (Å²) in [6.07, 6.45) is 4.51. The molecule has 1 aliphatic heterocycles. The van der Waals surface area contributed by atoms with Crippen LogP contribution in [0.2, 0.25) is 0 Å². The van der Waals surface area contributed by atoms with E-state index in [9.17, 15) is 4.79 Å². The zero-order valence-corrected chi connectivity index (χ0v) is 14.1. The standard InChI is InChI=1S/C19H24N4O/c1-2-17-5-3-4-6-18(17)22-11-13-23(14-12-22)19(24)21-15-16-7-9-20-10-8-16/h3-10H,2,11-15H2,1H3,(H,21,24). The molecule has 1 aliphatic rings. The van der Waals surface area contributed by atoms with Crippen molar-refractivity contribution >= 4 is 11.7 Å². The minimum absolute atomic E-state index is 0.00948. The van der Waals surface area contributed by atoms with Crippen LogP contribution in [0.3, 0.4) is 0 Å². The lowest BCUT2D eigenvalue weighted by atomic mass is 10.1. The fourth-order valence-corrected chi connectivity index (χ4v) is 3.06. The Morgan fingerprint density at radius 2 is 1.79 bits per heavy atom. The van der Waals surface area contributed by atoms with Crippen LogP contribution in [-0.2, 0) is 13.0 Å². The molecule has 0 radical (unpaired) electrons. The van der Waals surface area contributed by atoms with E-state index < -0.39 is 0 Å². The number of carbonyl (C=O) groups excluding carboxylic acids is 1. The van der Waals surface area contributed by atoms with Crippen LogP contribution in [0.15, 0.2) is 48.8 Å². The summed E-state index contributed by atoms with van der Waals surface area (Å²) in [7, 11) is 0. The molecule has 1 fully saturated rings. The Balaban J connectivity index is 1.52. The fourth-order valence-electron chi connectivity index (χ4n) is 3.06. The number of piperazine rings is 1. The van der Waals surface area contributed by atoms with Crippen molar-refractivity contribution < 1.29 is 4.79 Å². The summed E-state index contributed by atoms with van der Waals surface area (Å²) < 4.78 is 0. The first kappa shape index (κ1) is 16.3. The number of hydrogen-bond acceptors (Lipinski definition) is 3. The molecule has 1 saturated heterocycles. The van der Waals surface area contributed by atoms with E-state index in [0.717, 1.165) is 38.2 Å². The Morgan fingerprint density at radius 1 is 1.08 bits per heavy atom. The Hall–Kier alpha value is -2.56. The number of amides is 2. The molecule has 0 bridgehead atoms. The van der Waals surface area contributed by atoms with Crippen LogP contribution < -0.4 is 10.2 Å². The first-order chi connectivity index (χ1) is 11.8. The van der Waals surface area contributed by atoms with Crippen LogP contribution in [-0.4, -0.2) is 42.1 Å². The van der Waals surface area contributed by atoms with Crippen LogP contribution in [0, 0.1) is 0 Å². The number of para-hydroxylation sites is 1. The van der Waals surface area contributed by atoms with E-state index in [4.69, 9.17) is 0 Å². The van der Waals surface area contributed by atoms with Crippen molar-refractivity contribution in [1.82, 2.24) is 15.2 Å². The molecular weight excluding hydrogens is 300 g/mol. The van der Waals surface area contributed by atoms with E-state index in [1.165, 1.54) is 11.3 Å². The molecule has 2 amide bonds. The Labute approximate surface area is 143 Å². The van der Waals surface area contributed by atoms with Crippen molar-refractivity contribution in [2.24, 2.45) is 0 Å². The molecule has 1 aromatic carbocycles. The molecule has 1 aromatic heterocycles. The average molecular weight is 324 g/mol. The molecule has 3 rings (SSSR count). The topological polar surface area (TPSA) is 48.5 Å². The van der Waals surface area contributed by atoms with Gasteiger partial charge in [-0.05, 0) is 35.7 Å². The van der Waals surface area contributed by atoms with Crippen molar-refractivity contribution in [3.8, 4) is 0 Å². The molecule has 1 N–H and O–H groups in total. The van der Waals surface area contributed by atoms with Gasteiger partial charge in [0.05, 0.1) is 0 Å². The van der Waals surface area contributed by atoms with Crippen LogP contribution >= 0.6 is 0 Å². The second-order valence-corrected chi connectivity index (χ2v) is 5.97. The van der Waals surface area contributed by atoms with Gasteiger partial charge >= 0.3 is 6.03 Å². The van der Waals surface area contributed by atoms with E-state index in [2.05, 4.69) is 46.4 Å². The molecule has 24 heavy (non-hydrogen) atoms. The van der Waals surface area contributed by atoms with Gasteiger partial charge in [-0.25, -0.2) is 4.79 Å². The van der Waals surface area contributed by atoms with Gasteiger partial charge in [-0.3, -0.25) is 4.98 Å². The number of aromatic nitrogens is 1. The minimum Gasteiger partial charge on any atom is -0.368 e. The van der Waals surface area contributed by atoms with E-state index in [1.54, 1.807) is 12.4 Å². The molecule has 0 unspecified atom stereocenters. The van der Waals surface area contributed by atoms with E-state index in [0.29, 0.717) is 6.54 Å². The Kier molecular flexibility index (Phi) is 5.31. The van der Waals surface area contributed by atoms with Gasteiger partial charge < -0.3 is 15.1 Å². The quantitative estimate of drug-likeness (QED) is 0.941. The number of hydrogen-bond donors (Lipinski definition) is 1. The number of rotatable bonds is 4. The molecular formula is C19H24N4O. The first-order valence-corrected chi connectivity index (χ1v) is 8.52. The SMILES string of the molecule is CCc1ccccc1N1CCN(C(=O)NCc2ccncc2)CC1. The second-order valence-electron chi connectivity index (χ2n) is 5.97. The number of pyridine rings is 1. The molecule has 0 spiro atoms. The number of anilines is 1. The Morgan fingerprint density at radius 3 is 2.50 bits per heavy atom. The van der Waals surface area contributed by atoms with Crippen LogP contribution in [0.1, 0.15) is 18.1 Å². The maximum Gasteiger partial charge on any atom is 0.317 e. The second kappa shape index (κ2) is 7.81. The van der Waals surface area contributed by atoms with Crippen LogP contribution in [0.5, 0.6) is 0 Å². The average Bonchev–Trinajstić information content (AvgIpc) is 2.67. The van der Waals surface area contributed by atoms with E-state index >= 15 is 0 Å². The predicted molar refractivity (Wildman–Crippen MR) is 96.1 cm³/mol. The number of benzene rings is 1. The molecule has 2 aromatic rings. The summed E-state index contributed by atoms with van der Waals surface area (Å²) in [5.41, 5.74) is 3.73. The molecule has 0 aliphatic carbocycles. The monoisotopic (exact) mass is 324 g/mol. The van der Waals surface area contributed by atoms with Gasteiger partial charge in [0.1, 0.15) is 0 Å². The Bertz CT molecular complexity index is 666. The van der Waals surface area contributed by atoms with Gasteiger partial charge in [-0.2, -0.15) is 0 Å². The highest BCUT2D eigenvalue weighted by Gasteiger charge is 2.21. The summed E-state index contributed by atoms with van der Waals surface area (Å²) in [6.45, 7) is 5.97. The highest BCUT2D eigenvalue weighted by Crippen LogP contribution is 2.22. The highest BCUT2D eigenvalue weighted by molar-refractivity contribution is 5.74. The molecule has 126 valence electrons. The van der Waals surface area contributed by atoms with Crippen molar-refractivity contribution in [3.63, 3.8) is 0 Å². The molecule has 5 nitrogen and oxygen atoms in total. The zero-order chi connectivity index (χ0) is 16.8. The third kappa shape index (κ3) is 3.85. The zero-order valence-electron chi connectivity index (χ0n) is 14.1. The van der Waals surface area contributed by atoms with Crippen molar-refractivity contribution in [3.05, 3.63) is 59.9 Å². The summed E-state index contributed by atoms with van der Waals surface area (Å²) >= 11 is 0. The lowest BCUT2D eigenvalue weighted by molar-refractivity contribution is 0.194. The van der Waals surface area contributed by atoms with Gasteiger partial charge in [-0.1, -0.05) is 25.1 Å². The van der Waals surface area contributed by atoms with Gasteiger partial charge in [0, 0.05) is 50.8 Å². The predicted octanol–water partition coefficient (Wildman–Crippen LogP) is 2.68. The molecule has 0 atom stereocenters. The number of urea groups is 1. The summed E-state index contributed by atoms with van der Waals surface area (Å²) in [5, 5.41) is 2.99. The fraction of sp³-hybridized carbons (Fsp3) is 0.368. The summed E-state index contributed by atoms with van der Waals surface area (Å²) in [5.74, 6) is 0. The lowest BCUT2D eigenvalue weighted by Gasteiger charge is -2.37. The van der Waals surface area contributed by atoms with E-state index in [1.807, 2.05) is 17.0 Å². The van der Waals surface area contributed by atoms with Gasteiger partial charge in [0.15, 0.2) is 0 Å². The number of nitrogens with one attached hydrogen (secondary N) is 1. The number of nitrogens with zero attached hydrogens (tertiary/aromatic N) is 3. The minimum atomic E-state index is 0.00948. The normalized spacial score (nSPS) is 14.5. The van der Waals surface area contributed by atoms with Gasteiger partial charge in [0.2, 0.25) is 0 Å². The molecule has 5 heteroatoms. The number of carbonyl (C=O) groups is 1. The molecule has 2 heterocycles. The third-order valence-electron chi connectivity index (χ3n) is 4.47. The van der Waals surface area contributed by atoms with Crippen LogP contribution in [0.25, 0.3) is 0 Å². The highest BCUT2D eigenvalue weighted by atomic mass is 16.2. The maximum absolute atomic E-state index is 12.3. The van der Waals surface area contributed by atoms with Crippen molar-refractivity contribution in [1.29, 1.82) is 0 Å². The largest absolute Gasteiger partial charge is 0.368 e. The third-order valence-corrected chi connectivity index (χ3v) is 4.47. The summed E-state index contributed by atoms with van der Waals surface area (Å²) in [6, 6.07) is 12.4. The smallest absolute Gasteiger partial charge is 0.317 e. The molecule has 0 saturated carbocycles. The number of aryl methyl sites for hydroxylation is 1. The van der Waals surface area contributed by atoms with Crippen molar-refractivity contribution in [2.75, 3.05) is 31.1 Å². The van der Waals surface area contributed by atoms with Crippen molar-refractivity contribution in [2.45, 2.75) is 19.9 Å². The first-order valence-electron chi connectivity index (χ1n) is 8.52. The maximum atomic E-state index is 12.3.